The number of aromatic nitrogens is 2. The SMILES string of the molecule is COc1c(C2CCC(=O)N(S(=O)(=O)N3CCCC3)C2)nn(C(=O)c2cccs2)c1SCc1ccc(F)cc1. The van der Waals surface area contributed by atoms with Crippen LogP contribution in [0.25, 0.3) is 0 Å². The zero-order valence-corrected chi connectivity index (χ0v) is 23.2. The van der Waals surface area contributed by atoms with Gasteiger partial charge in [0.2, 0.25) is 5.91 Å². The van der Waals surface area contributed by atoms with Crippen molar-refractivity contribution in [1.82, 2.24) is 18.4 Å². The second-order valence-corrected chi connectivity index (χ2v) is 12.9. The minimum absolute atomic E-state index is 0.0463. The molecule has 5 rings (SSSR count). The highest BCUT2D eigenvalue weighted by Crippen LogP contribution is 2.41. The third-order valence-electron chi connectivity index (χ3n) is 6.67. The molecule has 13 heteroatoms. The minimum Gasteiger partial charge on any atom is -0.492 e. The maximum atomic E-state index is 13.4. The molecule has 0 aliphatic carbocycles. The predicted molar refractivity (Wildman–Crippen MR) is 142 cm³/mol. The summed E-state index contributed by atoms with van der Waals surface area (Å²) in [5.74, 6) is -0.746. The zero-order valence-electron chi connectivity index (χ0n) is 20.7. The standard InChI is InChI=1S/C25H27FN4O5S3/c1-35-23-22(18-8-11-21(31)29(15-18)38(33,34)28-12-2-3-13-28)27-30(24(32)20-5-4-14-36-20)25(23)37-16-17-6-9-19(26)10-7-17/h4-7,9-10,14,18H,2-3,8,11-13,15-16H2,1H3. The number of hydrogen-bond acceptors (Lipinski definition) is 8. The van der Waals surface area contributed by atoms with Gasteiger partial charge in [0.25, 0.3) is 5.91 Å². The first kappa shape index (κ1) is 26.9. The Labute approximate surface area is 228 Å². The van der Waals surface area contributed by atoms with Gasteiger partial charge in [-0.15, -0.1) is 11.3 Å². The number of hydrogen-bond donors (Lipinski definition) is 0. The van der Waals surface area contributed by atoms with Crippen LogP contribution in [0.1, 0.15) is 52.5 Å². The smallest absolute Gasteiger partial charge is 0.306 e. The highest BCUT2D eigenvalue weighted by atomic mass is 32.2. The number of amides is 1. The Kier molecular flexibility index (Phi) is 7.89. The van der Waals surface area contributed by atoms with Gasteiger partial charge < -0.3 is 4.74 Å². The molecule has 2 aliphatic heterocycles. The summed E-state index contributed by atoms with van der Waals surface area (Å²) in [5, 5.41) is 6.92. The molecule has 4 heterocycles. The summed E-state index contributed by atoms with van der Waals surface area (Å²) in [5.41, 5.74) is 1.29. The number of carbonyl (C=O) groups excluding carboxylic acids is 2. The average Bonchev–Trinajstić information content (AvgIpc) is 3.69. The zero-order chi connectivity index (χ0) is 26.9. The van der Waals surface area contributed by atoms with Gasteiger partial charge in [-0.1, -0.05) is 30.0 Å². The highest BCUT2D eigenvalue weighted by molar-refractivity contribution is 7.98. The molecule has 0 spiro atoms. The third kappa shape index (κ3) is 5.24. The minimum atomic E-state index is -3.94. The van der Waals surface area contributed by atoms with E-state index in [9.17, 15) is 22.4 Å². The molecule has 38 heavy (non-hydrogen) atoms. The number of benzene rings is 1. The van der Waals surface area contributed by atoms with E-state index < -0.39 is 22.0 Å². The molecule has 2 aromatic heterocycles. The molecule has 1 atom stereocenters. The van der Waals surface area contributed by atoms with Crippen molar-refractivity contribution in [3.8, 4) is 5.75 Å². The Morgan fingerprint density at radius 3 is 2.61 bits per heavy atom. The molecule has 9 nitrogen and oxygen atoms in total. The van der Waals surface area contributed by atoms with E-state index in [4.69, 9.17) is 4.74 Å². The number of thiophene rings is 1. The fourth-order valence-corrected chi connectivity index (χ4v) is 8.11. The van der Waals surface area contributed by atoms with Crippen LogP contribution in [0.2, 0.25) is 0 Å². The first-order valence-corrected chi connectivity index (χ1v) is 15.5. The van der Waals surface area contributed by atoms with E-state index in [1.54, 1.807) is 29.6 Å². The van der Waals surface area contributed by atoms with Gasteiger partial charge in [0.1, 0.15) is 16.5 Å². The van der Waals surface area contributed by atoms with Crippen molar-refractivity contribution in [1.29, 1.82) is 0 Å². The highest BCUT2D eigenvalue weighted by Gasteiger charge is 2.41. The van der Waals surface area contributed by atoms with Gasteiger partial charge in [-0.2, -0.15) is 22.5 Å². The summed E-state index contributed by atoms with van der Waals surface area (Å²) < 4.78 is 49.2. The fourth-order valence-electron chi connectivity index (χ4n) is 4.68. The lowest BCUT2D eigenvalue weighted by atomic mass is 9.95. The number of carbonyl (C=O) groups is 2. The maximum absolute atomic E-state index is 13.4. The molecule has 0 saturated carbocycles. The largest absolute Gasteiger partial charge is 0.492 e. The van der Waals surface area contributed by atoms with Crippen molar-refractivity contribution in [2.45, 2.75) is 42.4 Å². The van der Waals surface area contributed by atoms with Crippen LogP contribution in [0, 0.1) is 5.82 Å². The van der Waals surface area contributed by atoms with Gasteiger partial charge in [0.15, 0.2) is 5.75 Å². The number of halogens is 1. The third-order valence-corrected chi connectivity index (χ3v) is 10.6. The van der Waals surface area contributed by atoms with Gasteiger partial charge in [-0.05, 0) is 48.4 Å². The van der Waals surface area contributed by atoms with E-state index in [-0.39, 0.29) is 24.7 Å². The summed E-state index contributed by atoms with van der Waals surface area (Å²) in [7, 11) is -2.45. The van der Waals surface area contributed by atoms with Crippen molar-refractivity contribution in [2.24, 2.45) is 0 Å². The summed E-state index contributed by atoms with van der Waals surface area (Å²) >= 11 is 2.61. The molecular formula is C25H27FN4O5S3. The molecule has 0 bridgehead atoms. The van der Waals surface area contributed by atoms with Crippen LogP contribution in [0.4, 0.5) is 4.39 Å². The first-order chi connectivity index (χ1) is 18.3. The fraction of sp³-hybridized carbons (Fsp3) is 0.400. The van der Waals surface area contributed by atoms with Crippen LogP contribution in [0.3, 0.4) is 0 Å². The number of rotatable bonds is 8. The number of ether oxygens (including phenoxy) is 1. The second-order valence-electron chi connectivity index (χ2n) is 9.11. The summed E-state index contributed by atoms with van der Waals surface area (Å²) in [6, 6.07) is 9.58. The van der Waals surface area contributed by atoms with Crippen LogP contribution in [0.15, 0.2) is 46.8 Å². The molecule has 2 fully saturated rings. The van der Waals surface area contributed by atoms with E-state index in [0.29, 0.717) is 46.6 Å². The lowest BCUT2D eigenvalue weighted by molar-refractivity contribution is -0.128. The van der Waals surface area contributed by atoms with Gasteiger partial charge in [-0.25, -0.2) is 8.70 Å². The van der Waals surface area contributed by atoms with Crippen LogP contribution in [-0.4, -0.2) is 65.4 Å². The van der Waals surface area contributed by atoms with Gasteiger partial charge >= 0.3 is 10.2 Å². The van der Waals surface area contributed by atoms with Crippen molar-refractivity contribution in [3.63, 3.8) is 0 Å². The molecule has 0 radical (unpaired) electrons. The van der Waals surface area contributed by atoms with E-state index >= 15 is 0 Å². The van der Waals surface area contributed by atoms with E-state index in [1.807, 2.05) is 0 Å². The van der Waals surface area contributed by atoms with Gasteiger partial charge in [0.05, 0.1) is 12.0 Å². The number of thioether (sulfide) groups is 1. The van der Waals surface area contributed by atoms with E-state index in [0.717, 1.165) is 22.7 Å². The molecule has 0 N–H and O–H groups in total. The summed E-state index contributed by atoms with van der Waals surface area (Å²) in [6.07, 6.45) is 1.96. The Bertz CT molecular complexity index is 1420. The van der Waals surface area contributed by atoms with Crippen LogP contribution in [-0.2, 0) is 20.8 Å². The number of methoxy groups -OCH3 is 1. The quantitative estimate of drug-likeness (QED) is 0.371. The lowest BCUT2D eigenvalue weighted by Gasteiger charge is -2.33. The second kappa shape index (κ2) is 11.2. The van der Waals surface area contributed by atoms with Crippen LogP contribution in [0.5, 0.6) is 5.75 Å². The van der Waals surface area contributed by atoms with E-state index in [1.165, 1.54) is 51.3 Å². The van der Waals surface area contributed by atoms with Crippen molar-refractivity contribution < 1.29 is 27.1 Å². The molecule has 1 amide bonds. The van der Waals surface area contributed by atoms with Gasteiger partial charge in [-0.3, -0.25) is 9.59 Å². The first-order valence-electron chi connectivity index (χ1n) is 12.2. The number of nitrogens with zero attached hydrogens (tertiary/aromatic N) is 4. The lowest BCUT2D eigenvalue weighted by Crippen LogP contribution is -2.49. The molecule has 1 aromatic carbocycles. The molecule has 3 aromatic rings. The van der Waals surface area contributed by atoms with Crippen LogP contribution >= 0.6 is 23.1 Å². The van der Waals surface area contributed by atoms with Gasteiger partial charge in [0, 0.05) is 37.7 Å². The van der Waals surface area contributed by atoms with Crippen molar-refractivity contribution in [2.75, 3.05) is 26.7 Å². The number of piperidine rings is 1. The molecular weight excluding hydrogens is 551 g/mol. The predicted octanol–water partition coefficient (Wildman–Crippen LogP) is 4.12. The molecule has 2 saturated heterocycles. The van der Waals surface area contributed by atoms with Crippen molar-refractivity contribution >= 4 is 45.1 Å². The van der Waals surface area contributed by atoms with Crippen molar-refractivity contribution in [3.05, 3.63) is 63.7 Å². The maximum Gasteiger partial charge on any atom is 0.306 e. The monoisotopic (exact) mass is 578 g/mol. The summed E-state index contributed by atoms with van der Waals surface area (Å²) in [4.78, 5) is 26.6. The average molecular weight is 579 g/mol. The summed E-state index contributed by atoms with van der Waals surface area (Å²) in [6.45, 7) is 0.725. The topological polar surface area (TPSA) is 102 Å². The Hall–Kier alpha value is -2.74. The Morgan fingerprint density at radius 2 is 1.95 bits per heavy atom. The normalized spacial score (nSPS) is 18.7. The van der Waals surface area contributed by atoms with E-state index in [2.05, 4.69) is 5.10 Å². The van der Waals surface area contributed by atoms with Crippen LogP contribution < -0.4 is 4.74 Å². The molecule has 202 valence electrons. The Balaban J connectivity index is 1.49. The molecule has 1 unspecified atom stereocenters. The molecule has 2 aliphatic rings. The Morgan fingerprint density at radius 1 is 1.21 bits per heavy atom.